The van der Waals surface area contributed by atoms with Gasteiger partial charge in [-0.15, -0.1) is 0 Å². The molecular formula is C11H24N4S2. The van der Waals surface area contributed by atoms with Gasteiger partial charge in [-0.1, -0.05) is 55.6 Å². The van der Waals surface area contributed by atoms with E-state index in [9.17, 15) is 0 Å². The summed E-state index contributed by atoms with van der Waals surface area (Å²) in [7, 11) is 0. The second-order valence-corrected chi connectivity index (χ2v) is 6.17. The normalized spacial score (nSPS) is 10.4. The zero-order valence-electron chi connectivity index (χ0n) is 10.3. The van der Waals surface area contributed by atoms with Gasteiger partial charge in [-0.2, -0.15) is 0 Å². The van der Waals surface area contributed by atoms with Crippen LogP contribution in [0, 0.1) is 10.8 Å². The van der Waals surface area contributed by atoms with E-state index in [4.69, 9.17) is 22.3 Å². The minimum Gasteiger partial charge on any atom is -0.379 e. The van der Waals surface area contributed by atoms with Gasteiger partial charge in [0.05, 0.1) is 0 Å². The topological polar surface area (TPSA) is 99.7 Å². The fraction of sp³-hybridized carbons (Fsp3) is 0.818. The van der Waals surface area contributed by atoms with Gasteiger partial charge < -0.3 is 11.5 Å². The monoisotopic (exact) mass is 276 g/mol. The van der Waals surface area contributed by atoms with E-state index in [0.29, 0.717) is 0 Å². The van der Waals surface area contributed by atoms with Crippen LogP contribution < -0.4 is 11.5 Å². The van der Waals surface area contributed by atoms with Gasteiger partial charge in [0.2, 0.25) is 0 Å². The van der Waals surface area contributed by atoms with E-state index >= 15 is 0 Å². The molecule has 100 valence electrons. The number of thioether (sulfide) groups is 2. The summed E-state index contributed by atoms with van der Waals surface area (Å²) in [4.78, 5) is 0. The molecule has 0 saturated heterocycles. The quantitative estimate of drug-likeness (QED) is 0.280. The molecule has 0 aromatic rings. The molecule has 0 fully saturated rings. The lowest BCUT2D eigenvalue weighted by Gasteiger charge is -2.02. The van der Waals surface area contributed by atoms with Crippen molar-refractivity contribution in [3.63, 3.8) is 0 Å². The van der Waals surface area contributed by atoms with Crippen LogP contribution in [0.3, 0.4) is 0 Å². The molecule has 0 aliphatic carbocycles. The van der Waals surface area contributed by atoms with Gasteiger partial charge in [0, 0.05) is 11.5 Å². The number of nitrogens with one attached hydrogen (secondary N) is 2. The Morgan fingerprint density at radius 1 is 0.647 bits per heavy atom. The predicted molar refractivity (Wildman–Crippen MR) is 81.1 cm³/mol. The SMILES string of the molecule is N=C(N)SCCCCCCCCCSC(=N)N. The van der Waals surface area contributed by atoms with Crippen LogP contribution in [0.15, 0.2) is 0 Å². The number of rotatable bonds is 10. The molecule has 0 aliphatic rings. The van der Waals surface area contributed by atoms with Crippen LogP contribution in [0.4, 0.5) is 0 Å². The minimum atomic E-state index is 0.230. The Hall–Kier alpha value is -0.360. The van der Waals surface area contributed by atoms with Crippen molar-refractivity contribution in [2.45, 2.75) is 44.9 Å². The van der Waals surface area contributed by atoms with Crippen LogP contribution in [0.5, 0.6) is 0 Å². The van der Waals surface area contributed by atoms with Crippen LogP contribution in [-0.2, 0) is 0 Å². The summed E-state index contributed by atoms with van der Waals surface area (Å²) < 4.78 is 0. The van der Waals surface area contributed by atoms with Crippen molar-refractivity contribution in [2.24, 2.45) is 11.5 Å². The molecular weight excluding hydrogens is 252 g/mol. The fourth-order valence-corrected chi connectivity index (χ4v) is 2.59. The van der Waals surface area contributed by atoms with Crippen LogP contribution in [0.1, 0.15) is 44.9 Å². The van der Waals surface area contributed by atoms with Crippen molar-refractivity contribution < 1.29 is 0 Å². The molecule has 0 aromatic heterocycles. The number of unbranched alkanes of at least 4 members (excludes halogenated alkanes) is 6. The lowest BCUT2D eigenvalue weighted by molar-refractivity contribution is 0.605. The summed E-state index contributed by atoms with van der Waals surface area (Å²) in [6.07, 6.45) is 8.63. The number of nitrogens with two attached hydrogens (primary N) is 2. The first-order valence-electron chi connectivity index (χ1n) is 6.06. The van der Waals surface area contributed by atoms with Gasteiger partial charge >= 0.3 is 0 Å². The van der Waals surface area contributed by atoms with E-state index < -0.39 is 0 Å². The van der Waals surface area contributed by atoms with Crippen LogP contribution in [-0.4, -0.2) is 21.8 Å². The van der Waals surface area contributed by atoms with E-state index in [-0.39, 0.29) is 10.3 Å². The molecule has 6 N–H and O–H groups in total. The molecule has 0 saturated carbocycles. The Bertz CT molecular complexity index is 200. The Morgan fingerprint density at radius 3 is 1.24 bits per heavy atom. The number of hydrogen-bond donors (Lipinski definition) is 4. The molecule has 17 heavy (non-hydrogen) atoms. The summed E-state index contributed by atoms with van der Waals surface area (Å²) in [6, 6.07) is 0. The molecule has 0 aliphatic heterocycles. The molecule has 0 rings (SSSR count). The maximum atomic E-state index is 7.05. The largest absolute Gasteiger partial charge is 0.379 e. The maximum Gasteiger partial charge on any atom is 0.151 e. The molecule has 0 bridgehead atoms. The molecule has 0 spiro atoms. The van der Waals surface area contributed by atoms with Crippen LogP contribution >= 0.6 is 23.5 Å². The molecule has 0 radical (unpaired) electrons. The lowest BCUT2D eigenvalue weighted by Crippen LogP contribution is -2.04. The molecule has 4 nitrogen and oxygen atoms in total. The maximum absolute atomic E-state index is 7.05. The first-order chi connectivity index (χ1) is 8.13. The zero-order valence-corrected chi connectivity index (χ0v) is 12.0. The summed E-state index contributed by atoms with van der Waals surface area (Å²) >= 11 is 2.87. The Morgan fingerprint density at radius 2 is 0.941 bits per heavy atom. The highest BCUT2D eigenvalue weighted by Gasteiger charge is 1.95. The average molecular weight is 276 g/mol. The van der Waals surface area contributed by atoms with Gasteiger partial charge in [-0.3, -0.25) is 10.8 Å². The highest BCUT2D eigenvalue weighted by Crippen LogP contribution is 2.11. The first-order valence-corrected chi connectivity index (χ1v) is 8.03. The number of amidine groups is 2. The van der Waals surface area contributed by atoms with E-state index in [1.807, 2.05) is 0 Å². The minimum absolute atomic E-state index is 0.230. The van der Waals surface area contributed by atoms with Crippen molar-refractivity contribution >= 4 is 33.9 Å². The van der Waals surface area contributed by atoms with Gasteiger partial charge in [0.1, 0.15) is 0 Å². The molecule has 0 unspecified atom stereocenters. The Kier molecular flexibility index (Phi) is 11.8. The summed E-state index contributed by atoms with van der Waals surface area (Å²) in [5.41, 5.74) is 10.5. The van der Waals surface area contributed by atoms with Gasteiger partial charge in [0.15, 0.2) is 10.3 Å². The molecule has 0 heterocycles. The van der Waals surface area contributed by atoms with E-state index in [0.717, 1.165) is 24.3 Å². The standard InChI is InChI=1S/C11H24N4S2/c12-10(13)16-8-6-4-2-1-3-5-7-9-17-11(14)15/h1-9H2,(H3,12,13)(H3,14,15). The zero-order chi connectivity index (χ0) is 12.9. The highest BCUT2D eigenvalue weighted by molar-refractivity contribution is 8.13. The summed E-state index contributed by atoms with van der Waals surface area (Å²) in [5.74, 6) is 1.95. The first kappa shape index (κ1) is 16.6. The highest BCUT2D eigenvalue weighted by atomic mass is 32.2. The smallest absolute Gasteiger partial charge is 0.151 e. The van der Waals surface area contributed by atoms with E-state index in [1.54, 1.807) is 0 Å². The average Bonchev–Trinajstić information content (AvgIpc) is 2.25. The van der Waals surface area contributed by atoms with E-state index in [1.165, 1.54) is 55.6 Å². The summed E-state index contributed by atoms with van der Waals surface area (Å²) in [5, 5.41) is 14.6. The lowest BCUT2D eigenvalue weighted by atomic mass is 10.1. The van der Waals surface area contributed by atoms with Crippen molar-refractivity contribution in [3.8, 4) is 0 Å². The van der Waals surface area contributed by atoms with Gasteiger partial charge in [-0.05, 0) is 12.8 Å². The number of hydrogen-bond acceptors (Lipinski definition) is 4. The third-order valence-electron chi connectivity index (χ3n) is 2.30. The molecule has 0 aromatic carbocycles. The van der Waals surface area contributed by atoms with Crippen molar-refractivity contribution in [1.29, 1.82) is 10.8 Å². The predicted octanol–water partition coefficient (Wildman–Crippen LogP) is 2.97. The summed E-state index contributed by atoms with van der Waals surface area (Å²) in [6.45, 7) is 0. The second-order valence-electron chi connectivity index (χ2n) is 3.90. The van der Waals surface area contributed by atoms with Crippen molar-refractivity contribution in [2.75, 3.05) is 11.5 Å². The van der Waals surface area contributed by atoms with E-state index in [2.05, 4.69) is 0 Å². The Labute approximate surface area is 113 Å². The third kappa shape index (κ3) is 15.6. The Balaban J connectivity index is 2.98. The van der Waals surface area contributed by atoms with Gasteiger partial charge in [0.25, 0.3) is 0 Å². The van der Waals surface area contributed by atoms with Crippen LogP contribution in [0.2, 0.25) is 0 Å². The third-order valence-corrected chi connectivity index (χ3v) is 3.91. The van der Waals surface area contributed by atoms with Crippen LogP contribution in [0.25, 0.3) is 0 Å². The van der Waals surface area contributed by atoms with Gasteiger partial charge in [-0.25, -0.2) is 0 Å². The molecule has 0 atom stereocenters. The molecule has 6 heteroatoms. The van der Waals surface area contributed by atoms with Crippen molar-refractivity contribution in [3.05, 3.63) is 0 Å². The fourth-order valence-electron chi connectivity index (χ4n) is 1.45. The molecule has 0 amide bonds. The second kappa shape index (κ2) is 12.1. The van der Waals surface area contributed by atoms with Crippen molar-refractivity contribution in [1.82, 2.24) is 0 Å².